The summed E-state index contributed by atoms with van der Waals surface area (Å²) in [5, 5.41) is 3.60. The molecule has 6 heteroatoms. The van der Waals surface area contributed by atoms with Gasteiger partial charge < -0.3 is 0 Å². The Bertz CT molecular complexity index is 563. The van der Waals surface area contributed by atoms with E-state index >= 15 is 0 Å². The lowest BCUT2D eigenvalue weighted by Crippen LogP contribution is -1.93. The first-order valence-electron chi connectivity index (χ1n) is 4.90. The molecule has 1 aromatic carbocycles. The number of halogens is 1. The third-order valence-corrected chi connectivity index (χ3v) is 2.50. The Morgan fingerprint density at radius 2 is 2.06 bits per heavy atom. The highest BCUT2D eigenvalue weighted by Gasteiger charge is 2.04. The van der Waals surface area contributed by atoms with Gasteiger partial charge in [0.2, 0.25) is 5.95 Å². The lowest BCUT2D eigenvalue weighted by atomic mass is 10.1. The van der Waals surface area contributed by atoms with Crippen LogP contribution in [0, 0.1) is 0 Å². The zero-order valence-corrected chi connectivity index (χ0v) is 9.54. The van der Waals surface area contributed by atoms with Crippen LogP contribution in [0.5, 0.6) is 0 Å². The first kappa shape index (κ1) is 11.4. The van der Waals surface area contributed by atoms with Crippen LogP contribution < -0.4 is 0 Å². The molecular weight excluding hydrogens is 238 g/mol. The summed E-state index contributed by atoms with van der Waals surface area (Å²) in [5.41, 5.74) is 10.2. The highest BCUT2D eigenvalue weighted by Crippen LogP contribution is 2.18. The highest BCUT2D eigenvalue weighted by atomic mass is 35.5. The molecule has 0 aliphatic carbocycles. The van der Waals surface area contributed by atoms with Crippen molar-refractivity contribution in [1.29, 1.82) is 0 Å². The summed E-state index contributed by atoms with van der Waals surface area (Å²) >= 11 is 5.98. The Balaban J connectivity index is 2.25. The standard InChI is InChI=1S/C11H8ClN5/c12-10-9(6-8-4-2-1-3-5-8)7-14-11(15-10)16-17-13/h1-5,7H,6H2. The summed E-state index contributed by atoms with van der Waals surface area (Å²) in [4.78, 5) is 10.4. The van der Waals surface area contributed by atoms with Gasteiger partial charge in [-0.2, -0.15) is 0 Å². The molecular formula is C11H8ClN5. The minimum Gasteiger partial charge on any atom is -0.235 e. The van der Waals surface area contributed by atoms with Gasteiger partial charge in [-0.05, 0) is 16.2 Å². The Labute approximate surface area is 103 Å². The zero-order chi connectivity index (χ0) is 12.1. The van der Waals surface area contributed by atoms with Crippen molar-refractivity contribution in [2.75, 3.05) is 0 Å². The molecule has 1 heterocycles. The molecule has 1 aromatic heterocycles. The van der Waals surface area contributed by atoms with E-state index in [4.69, 9.17) is 17.1 Å². The number of nitrogens with zero attached hydrogens (tertiary/aromatic N) is 5. The van der Waals surface area contributed by atoms with Gasteiger partial charge in [-0.1, -0.05) is 41.9 Å². The summed E-state index contributed by atoms with van der Waals surface area (Å²) in [7, 11) is 0. The number of benzene rings is 1. The number of rotatable bonds is 3. The van der Waals surface area contributed by atoms with Crippen LogP contribution in [0.25, 0.3) is 10.4 Å². The van der Waals surface area contributed by atoms with Gasteiger partial charge in [0.25, 0.3) is 0 Å². The maximum Gasteiger partial charge on any atom is 0.217 e. The molecule has 17 heavy (non-hydrogen) atoms. The van der Waals surface area contributed by atoms with E-state index in [0.29, 0.717) is 11.6 Å². The Kier molecular flexibility index (Phi) is 3.55. The number of hydrogen-bond acceptors (Lipinski definition) is 3. The molecule has 0 bridgehead atoms. The normalized spacial score (nSPS) is 9.71. The molecule has 2 aromatic rings. The van der Waals surface area contributed by atoms with Crippen LogP contribution in [-0.4, -0.2) is 9.97 Å². The largest absolute Gasteiger partial charge is 0.235 e. The Morgan fingerprint density at radius 1 is 1.29 bits per heavy atom. The van der Waals surface area contributed by atoms with E-state index in [1.54, 1.807) is 6.20 Å². The highest BCUT2D eigenvalue weighted by molar-refractivity contribution is 6.30. The van der Waals surface area contributed by atoms with Crippen molar-refractivity contribution in [3.05, 3.63) is 63.3 Å². The van der Waals surface area contributed by atoms with Gasteiger partial charge in [0.05, 0.1) is 0 Å². The van der Waals surface area contributed by atoms with Crippen molar-refractivity contribution in [2.45, 2.75) is 6.42 Å². The SMILES string of the molecule is [N-]=[N+]=Nc1ncc(Cc2ccccc2)c(Cl)n1. The quantitative estimate of drug-likeness (QED) is 0.358. The molecule has 0 radical (unpaired) electrons. The van der Waals surface area contributed by atoms with Crippen LogP contribution >= 0.6 is 11.6 Å². The second kappa shape index (κ2) is 5.30. The van der Waals surface area contributed by atoms with E-state index < -0.39 is 0 Å². The van der Waals surface area contributed by atoms with E-state index in [1.807, 2.05) is 30.3 Å². The fourth-order valence-electron chi connectivity index (χ4n) is 1.40. The fourth-order valence-corrected chi connectivity index (χ4v) is 1.59. The lowest BCUT2D eigenvalue weighted by Gasteiger charge is -2.03. The molecule has 0 unspecified atom stereocenters. The van der Waals surface area contributed by atoms with Crippen molar-refractivity contribution in [1.82, 2.24) is 9.97 Å². The molecule has 5 nitrogen and oxygen atoms in total. The van der Waals surface area contributed by atoms with Crippen LogP contribution in [0.4, 0.5) is 5.95 Å². The predicted molar refractivity (Wildman–Crippen MR) is 65.1 cm³/mol. The first-order chi connectivity index (χ1) is 8.29. The molecule has 0 atom stereocenters. The second-order valence-electron chi connectivity index (χ2n) is 3.34. The maximum atomic E-state index is 8.25. The smallest absolute Gasteiger partial charge is 0.217 e. The average Bonchev–Trinajstić information content (AvgIpc) is 2.34. The number of azide groups is 1. The molecule has 2 rings (SSSR count). The minimum atomic E-state index is 0.0364. The fraction of sp³-hybridized carbons (Fsp3) is 0.0909. The molecule has 84 valence electrons. The first-order valence-corrected chi connectivity index (χ1v) is 5.28. The third-order valence-electron chi connectivity index (χ3n) is 2.17. The Hall–Kier alpha value is -2.10. The van der Waals surface area contributed by atoms with Crippen molar-refractivity contribution in [3.8, 4) is 0 Å². The van der Waals surface area contributed by atoms with Gasteiger partial charge in [-0.3, -0.25) is 0 Å². The van der Waals surface area contributed by atoms with Gasteiger partial charge in [0.1, 0.15) is 5.15 Å². The van der Waals surface area contributed by atoms with Crippen molar-refractivity contribution >= 4 is 17.5 Å². The molecule has 0 aliphatic rings. The summed E-state index contributed by atoms with van der Waals surface area (Å²) in [5.74, 6) is 0.0364. The van der Waals surface area contributed by atoms with E-state index in [-0.39, 0.29) is 5.95 Å². The predicted octanol–water partition coefficient (Wildman–Crippen LogP) is 3.66. The van der Waals surface area contributed by atoms with Crippen LogP contribution in [0.2, 0.25) is 5.15 Å². The molecule has 0 aliphatic heterocycles. The third kappa shape index (κ3) is 2.93. The van der Waals surface area contributed by atoms with Gasteiger partial charge in [0.15, 0.2) is 0 Å². The summed E-state index contributed by atoms with van der Waals surface area (Å²) in [6, 6.07) is 9.86. The maximum absolute atomic E-state index is 8.25. The van der Waals surface area contributed by atoms with Crippen LogP contribution in [0.3, 0.4) is 0 Å². The van der Waals surface area contributed by atoms with Gasteiger partial charge in [-0.15, -0.1) is 0 Å². The van der Waals surface area contributed by atoms with E-state index in [2.05, 4.69) is 20.0 Å². The molecule has 0 amide bonds. The number of aromatic nitrogens is 2. The lowest BCUT2D eigenvalue weighted by molar-refractivity contribution is 1.05. The van der Waals surface area contributed by atoms with Crippen LogP contribution in [0.15, 0.2) is 41.6 Å². The Morgan fingerprint density at radius 3 is 2.71 bits per heavy atom. The zero-order valence-electron chi connectivity index (χ0n) is 8.79. The van der Waals surface area contributed by atoms with Gasteiger partial charge in [0, 0.05) is 23.1 Å². The topological polar surface area (TPSA) is 74.5 Å². The molecule has 0 saturated carbocycles. The summed E-state index contributed by atoms with van der Waals surface area (Å²) in [6.07, 6.45) is 2.22. The summed E-state index contributed by atoms with van der Waals surface area (Å²) < 4.78 is 0. The molecule has 0 fully saturated rings. The molecule has 0 N–H and O–H groups in total. The summed E-state index contributed by atoms with van der Waals surface area (Å²) in [6.45, 7) is 0. The molecule has 0 spiro atoms. The van der Waals surface area contributed by atoms with Gasteiger partial charge in [-0.25, -0.2) is 9.97 Å². The second-order valence-corrected chi connectivity index (χ2v) is 3.70. The van der Waals surface area contributed by atoms with Crippen LogP contribution in [-0.2, 0) is 6.42 Å². The van der Waals surface area contributed by atoms with E-state index in [0.717, 1.165) is 11.1 Å². The van der Waals surface area contributed by atoms with E-state index in [9.17, 15) is 0 Å². The van der Waals surface area contributed by atoms with Crippen molar-refractivity contribution in [2.24, 2.45) is 5.11 Å². The minimum absolute atomic E-state index is 0.0364. The van der Waals surface area contributed by atoms with Crippen LogP contribution in [0.1, 0.15) is 11.1 Å². The van der Waals surface area contributed by atoms with Crippen molar-refractivity contribution in [3.63, 3.8) is 0 Å². The monoisotopic (exact) mass is 245 g/mol. The number of hydrogen-bond donors (Lipinski definition) is 0. The van der Waals surface area contributed by atoms with E-state index in [1.165, 1.54) is 0 Å². The molecule has 0 saturated heterocycles. The van der Waals surface area contributed by atoms with Crippen molar-refractivity contribution < 1.29 is 0 Å². The average molecular weight is 246 g/mol. The van der Waals surface area contributed by atoms with Gasteiger partial charge >= 0.3 is 0 Å².